The normalized spacial score (nSPS) is 21.8. The Morgan fingerprint density at radius 1 is 1.35 bits per heavy atom. The number of nitrogens with zero attached hydrogens (tertiary/aromatic N) is 2. The third kappa shape index (κ3) is 4.14. The molecule has 1 aromatic carbocycles. The van der Waals surface area contributed by atoms with Gasteiger partial charge in [-0.3, -0.25) is 4.79 Å². The van der Waals surface area contributed by atoms with Gasteiger partial charge >= 0.3 is 6.36 Å². The Balaban J connectivity index is 2.21. The number of likely N-dealkylation sites (tertiary alicyclic amines) is 1. The van der Waals surface area contributed by atoms with Gasteiger partial charge in [0.1, 0.15) is 5.75 Å². The summed E-state index contributed by atoms with van der Waals surface area (Å²) < 4.78 is 41.3. The zero-order valence-corrected chi connectivity index (χ0v) is 12.9. The Labute approximate surface area is 132 Å². The molecule has 1 fully saturated rings. The van der Waals surface area contributed by atoms with Gasteiger partial charge < -0.3 is 19.6 Å². The van der Waals surface area contributed by atoms with Crippen molar-refractivity contribution < 1.29 is 27.8 Å². The Kier molecular flexibility index (Phi) is 5.16. The van der Waals surface area contributed by atoms with Crippen LogP contribution in [0.2, 0.25) is 0 Å². The van der Waals surface area contributed by atoms with Gasteiger partial charge in [-0.15, -0.1) is 13.2 Å². The molecule has 0 radical (unpaired) electrons. The lowest BCUT2D eigenvalue weighted by molar-refractivity contribution is -0.274. The minimum Gasteiger partial charge on any atom is -0.405 e. The van der Waals surface area contributed by atoms with Crippen molar-refractivity contribution in [3.8, 4) is 5.75 Å². The third-order valence-electron chi connectivity index (χ3n) is 3.93. The van der Waals surface area contributed by atoms with E-state index in [9.17, 15) is 23.1 Å². The van der Waals surface area contributed by atoms with Crippen LogP contribution < -0.4 is 4.74 Å². The second-order valence-corrected chi connectivity index (χ2v) is 5.73. The van der Waals surface area contributed by atoms with Crippen LogP contribution in [0.1, 0.15) is 10.4 Å². The summed E-state index contributed by atoms with van der Waals surface area (Å²) in [5, 5.41) is 9.42. The van der Waals surface area contributed by atoms with Crippen LogP contribution in [0.25, 0.3) is 0 Å². The Morgan fingerprint density at radius 3 is 2.52 bits per heavy atom. The van der Waals surface area contributed by atoms with Crippen molar-refractivity contribution in [2.45, 2.75) is 12.4 Å². The minimum absolute atomic E-state index is 0.0420. The molecule has 2 rings (SSSR count). The first-order chi connectivity index (χ1) is 10.7. The maximum absolute atomic E-state index is 12.6. The number of hydrogen-bond acceptors (Lipinski definition) is 4. The van der Waals surface area contributed by atoms with E-state index in [1.807, 2.05) is 19.0 Å². The fourth-order valence-electron chi connectivity index (χ4n) is 2.81. The largest absolute Gasteiger partial charge is 0.573 e. The van der Waals surface area contributed by atoms with Gasteiger partial charge in [0.15, 0.2) is 0 Å². The van der Waals surface area contributed by atoms with Crippen LogP contribution in [0.5, 0.6) is 5.75 Å². The summed E-state index contributed by atoms with van der Waals surface area (Å²) in [7, 11) is 3.67. The lowest BCUT2D eigenvalue weighted by atomic mass is 10.0. The molecule has 23 heavy (non-hydrogen) atoms. The van der Waals surface area contributed by atoms with Crippen LogP contribution in [0.3, 0.4) is 0 Å². The van der Waals surface area contributed by atoms with E-state index in [1.54, 1.807) is 0 Å². The highest BCUT2D eigenvalue weighted by atomic mass is 19.4. The second kappa shape index (κ2) is 6.76. The number of para-hydroxylation sites is 1. The fourth-order valence-corrected chi connectivity index (χ4v) is 2.81. The van der Waals surface area contributed by atoms with Crippen molar-refractivity contribution in [2.24, 2.45) is 5.92 Å². The number of amides is 1. The highest BCUT2D eigenvalue weighted by molar-refractivity contribution is 5.97. The summed E-state index contributed by atoms with van der Waals surface area (Å²) in [5.41, 5.74) is -0.138. The minimum atomic E-state index is -4.86. The summed E-state index contributed by atoms with van der Waals surface area (Å²) in [6.45, 7) is 0.545. The number of benzene rings is 1. The SMILES string of the molecule is CN(C)[C@@H]1CN(C(=O)c2ccccc2OC(F)(F)F)C[C@H]1CO. The van der Waals surface area contributed by atoms with Crippen molar-refractivity contribution >= 4 is 5.91 Å². The zero-order valence-electron chi connectivity index (χ0n) is 12.9. The molecule has 8 heteroatoms. The van der Waals surface area contributed by atoms with Gasteiger partial charge in [0.05, 0.1) is 5.56 Å². The molecule has 0 aromatic heterocycles. The molecule has 0 saturated carbocycles. The average Bonchev–Trinajstić information content (AvgIpc) is 2.90. The number of halogens is 3. The summed E-state index contributed by atoms with van der Waals surface area (Å²) in [4.78, 5) is 15.9. The zero-order chi connectivity index (χ0) is 17.2. The number of carbonyl (C=O) groups is 1. The first kappa shape index (κ1) is 17.6. The third-order valence-corrected chi connectivity index (χ3v) is 3.93. The topological polar surface area (TPSA) is 53.0 Å². The van der Waals surface area contributed by atoms with Gasteiger partial charge in [0, 0.05) is 31.7 Å². The maximum atomic E-state index is 12.6. The van der Waals surface area contributed by atoms with Crippen LogP contribution in [0, 0.1) is 5.92 Å². The molecule has 1 amide bonds. The monoisotopic (exact) mass is 332 g/mol. The van der Waals surface area contributed by atoms with Gasteiger partial charge in [-0.2, -0.15) is 0 Å². The molecule has 1 aromatic rings. The van der Waals surface area contributed by atoms with E-state index in [0.717, 1.165) is 6.07 Å². The summed E-state index contributed by atoms with van der Waals surface area (Å²) in [6.07, 6.45) is -4.86. The lowest BCUT2D eigenvalue weighted by Gasteiger charge is -2.23. The van der Waals surface area contributed by atoms with E-state index >= 15 is 0 Å². The van der Waals surface area contributed by atoms with E-state index in [4.69, 9.17) is 0 Å². The van der Waals surface area contributed by atoms with Gasteiger partial charge in [-0.25, -0.2) is 0 Å². The van der Waals surface area contributed by atoms with Crippen molar-refractivity contribution in [1.29, 1.82) is 0 Å². The predicted octanol–water partition coefficient (Wildman–Crippen LogP) is 1.58. The van der Waals surface area contributed by atoms with Crippen LogP contribution in [0.15, 0.2) is 24.3 Å². The molecule has 1 aliphatic heterocycles. The molecule has 5 nitrogen and oxygen atoms in total. The molecule has 0 bridgehead atoms. The number of likely N-dealkylation sites (N-methyl/N-ethyl adjacent to an activating group) is 1. The summed E-state index contributed by atoms with van der Waals surface area (Å²) >= 11 is 0. The number of aliphatic hydroxyl groups excluding tert-OH is 1. The molecule has 1 N–H and O–H groups in total. The van der Waals surface area contributed by atoms with E-state index < -0.39 is 18.0 Å². The van der Waals surface area contributed by atoms with Crippen LogP contribution >= 0.6 is 0 Å². The second-order valence-electron chi connectivity index (χ2n) is 5.73. The number of aliphatic hydroxyl groups is 1. The van der Waals surface area contributed by atoms with Crippen LogP contribution in [-0.2, 0) is 0 Å². The average molecular weight is 332 g/mol. The molecule has 1 saturated heterocycles. The highest BCUT2D eigenvalue weighted by Crippen LogP contribution is 2.29. The van der Waals surface area contributed by atoms with E-state index in [0.29, 0.717) is 13.1 Å². The van der Waals surface area contributed by atoms with E-state index in [1.165, 1.54) is 23.1 Å². The van der Waals surface area contributed by atoms with E-state index in [-0.39, 0.29) is 24.1 Å². The van der Waals surface area contributed by atoms with Crippen LogP contribution in [0.4, 0.5) is 13.2 Å². The number of hydrogen-bond donors (Lipinski definition) is 1. The first-order valence-electron chi connectivity index (χ1n) is 7.14. The van der Waals surface area contributed by atoms with Gasteiger partial charge in [0.2, 0.25) is 0 Å². The van der Waals surface area contributed by atoms with Crippen molar-refractivity contribution in [2.75, 3.05) is 33.8 Å². The summed E-state index contributed by atoms with van der Waals surface area (Å²) in [6, 6.07) is 5.24. The van der Waals surface area contributed by atoms with Gasteiger partial charge in [-0.1, -0.05) is 12.1 Å². The first-order valence-corrected chi connectivity index (χ1v) is 7.14. The number of ether oxygens (including phenoxy) is 1. The van der Waals surface area contributed by atoms with Crippen molar-refractivity contribution in [3.05, 3.63) is 29.8 Å². The number of rotatable bonds is 4. The molecule has 128 valence electrons. The number of carbonyl (C=O) groups excluding carboxylic acids is 1. The molecule has 0 spiro atoms. The van der Waals surface area contributed by atoms with E-state index in [2.05, 4.69) is 4.74 Å². The molecular weight excluding hydrogens is 313 g/mol. The summed E-state index contributed by atoms with van der Waals surface area (Å²) in [5.74, 6) is -1.18. The van der Waals surface area contributed by atoms with Gasteiger partial charge in [0.25, 0.3) is 5.91 Å². The molecule has 1 aliphatic rings. The highest BCUT2D eigenvalue weighted by Gasteiger charge is 2.38. The molecular formula is C15H19F3N2O3. The Bertz CT molecular complexity index is 563. The maximum Gasteiger partial charge on any atom is 0.573 e. The standard InChI is InChI=1S/C15H19F3N2O3/c1-19(2)12-8-20(7-10(12)9-21)14(22)11-5-3-4-6-13(11)23-15(16,17)18/h3-6,10,12,21H,7-9H2,1-2H3/t10-,12+/m0/s1. The van der Waals surface area contributed by atoms with Crippen molar-refractivity contribution in [1.82, 2.24) is 9.80 Å². The molecule has 0 unspecified atom stereocenters. The fraction of sp³-hybridized carbons (Fsp3) is 0.533. The predicted molar refractivity (Wildman–Crippen MR) is 77.1 cm³/mol. The molecule has 2 atom stereocenters. The lowest BCUT2D eigenvalue weighted by Crippen LogP contribution is -2.37. The smallest absolute Gasteiger partial charge is 0.405 e. The number of alkyl halides is 3. The molecule has 1 heterocycles. The van der Waals surface area contributed by atoms with Crippen LogP contribution in [-0.4, -0.2) is 67.0 Å². The Hall–Kier alpha value is -1.80. The quantitative estimate of drug-likeness (QED) is 0.910. The van der Waals surface area contributed by atoms with Crippen molar-refractivity contribution in [3.63, 3.8) is 0 Å². The van der Waals surface area contributed by atoms with Gasteiger partial charge in [-0.05, 0) is 26.2 Å². The molecule has 0 aliphatic carbocycles. The Morgan fingerprint density at radius 2 is 2.00 bits per heavy atom.